The SMILES string of the molecule is NS(=O)(=O)c1cccc2c1-c1ccccc1C=NN2. The largest absolute Gasteiger partial charge is 0.278 e. The molecule has 2 aromatic rings. The number of benzene rings is 2. The molecule has 3 N–H and O–H groups in total. The zero-order valence-electron chi connectivity index (χ0n) is 9.87. The van der Waals surface area contributed by atoms with E-state index in [1.54, 1.807) is 18.3 Å². The Bertz CT molecular complexity index is 782. The fraction of sp³-hybridized carbons (Fsp3) is 0. The second-order valence-corrected chi connectivity index (χ2v) is 5.71. The van der Waals surface area contributed by atoms with Gasteiger partial charge in [0, 0.05) is 11.1 Å². The highest BCUT2D eigenvalue weighted by Gasteiger charge is 2.21. The van der Waals surface area contributed by atoms with E-state index in [1.165, 1.54) is 6.07 Å². The lowest BCUT2D eigenvalue weighted by Crippen LogP contribution is -2.14. The lowest BCUT2D eigenvalue weighted by atomic mass is 9.99. The molecule has 0 saturated heterocycles. The van der Waals surface area contributed by atoms with Gasteiger partial charge in [0.1, 0.15) is 0 Å². The van der Waals surface area contributed by atoms with E-state index in [2.05, 4.69) is 10.5 Å². The zero-order valence-corrected chi connectivity index (χ0v) is 10.7. The first-order valence-corrected chi connectivity index (χ1v) is 7.16. The maximum atomic E-state index is 11.7. The van der Waals surface area contributed by atoms with Crippen molar-refractivity contribution in [1.29, 1.82) is 0 Å². The number of nitrogens with two attached hydrogens (primary N) is 1. The molecule has 0 atom stereocenters. The van der Waals surface area contributed by atoms with Gasteiger partial charge in [-0.3, -0.25) is 5.43 Å². The fourth-order valence-corrected chi connectivity index (χ4v) is 2.92. The molecule has 0 radical (unpaired) electrons. The predicted molar refractivity (Wildman–Crippen MR) is 74.5 cm³/mol. The summed E-state index contributed by atoms with van der Waals surface area (Å²) in [4.78, 5) is 0.0930. The molecule has 96 valence electrons. The van der Waals surface area contributed by atoms with Gasteiger partial charge >= 0.3 is 0 Å². The number of hydrogen-bond donors (Lipinski definition) is 2. The summed E-state index contributed by atoms with van der Waals surface area (Å²) in [5.41, 5.74) is 5.63. The third-order valence-corrected chi connectivity index (χ3v) is 3.90. The van der Waals surface area contributed by atoms with Gasteiger partial charge in [0.15, 0.2) is 0 Å². The monoisotopic (exact) mass is 273 g/mol. The number of sulfonamides is 1. The van der Waals surface area contributed by atoms with Crippen LogP contribution in [-0.2, 0) is 10.0 Å². The van der Waals surface area contributed by atoms with Crippen LogP contribution in [0.3, 0.4) is 0 Å². The van der Waals surface area contributed by atoms with Gasteiger partial charge in [0.05, 0.1) is 16.8 Å². The molecule has 6 heteroatoms. The van der Waals surface area contributed by atoms with E-state index in [0.717, 1.165) is 11.1 Å². The minimum Gasteiger partial charge on any atom is -0.278 e. The molecule has 1 aliphatic rings. The van der Waals surface area contributed by atoms with Crippen molar-refractivity contribution < 1.29 is 8.42 Å². The van der Waals surface area contributed by atoms with Crippen molar-refractivity contribution in [3.63, 3.8) is 0 Å². The predicted octanol–water partition coefficient (Wildman–Crippen LogP) is 1.76. The number of fused-ring (bicyclic) bond motifs is 3. The zero-order chi connectivity index (χ0) is 13.5. The Morgan fingerprint density at radius 1 is 1.05 bits per heavy atom. The van der Waals surface area contributed by atoms with Crippen molar-refractivity contribution in [3.05, 3.63) is 48.0 Å². The molecule has 19 heavy (non-hydrogen) atoms. The minimum absolute atomic E-state index is 0.0930. The van der Waals surface area contributed by atoms with Crippen LogP contribution in [0.4, 0.5) is 5.69 Å². The Hall–Kier alpha value is -2.18. The van der Waals surface area contributed by atoms with Crippen molar-refractivity contribution in [1.82, 2.24) is 0 Å². The Morgan fingerprint density at radius 2 is 1.84 bits per heavy atom. The molecular weight excluding hydrogens is 262 g/mol. The lowest BCUT2D eigenvalue weighted by Gasteiger charge is -2.12. The molecule has 1 aliphatic heterocycles. The van der Waals surface area contributed by atoms with Gasteiger partial charge in [-0.05, 0) is 17.7 Å². The van der Waals surface area contributed by atoms with Crippen molar-refractivity contribution in [2.24, 2.45) is 10.2 Å². The third kappa shape index (κ3) is 2.00. The average Bonchev–Trinajstić information content (AvgIpc) is 2.56. The van der Waals surface area contributed by atoms with E-state index in [4.69, 9.17) is 5.14 Å². The van der Waals surface area contributed by atoms with Crippen molar-refractivity contribution in [2.75, 3.05) is 5.43 Å². The van der Waals surface area contributed by atoms with Gasteiger partial charge in [-0.15, -0.1) is 0 Å². The number of rotatable bonds is 1. The van der Waals surface area contributed by atoms with Crippen LogP contribution in [0.2, 0.25) is 0 Å². The quantitative estimate of drug-likeness (QED) is 0.830. The molecule has 0 amide bonds. The van der Waals surface area contributed by atoms with Crippen LogP contribution in [0, 0.1) is 0 Å². The number of nitrogens with zero attached hydrogens (tertiary/aromatic N) is 1. The van der Waals surface area contributed by atoms with Gasteiger partial charge in [-0.2, -0.15) is 5.10 Å². The van der Waals surface area contributed by atoms with Crippen LogP contribution in [0.5, 0.6) is 0 Å². The normalized spacial score (nSPS) is 13.1. The molecule has 0 aromatic heterocycles. The molecule has 2 aromatic carbocycles. The molecule has 3 rings (SSSR count). The van der Waals surface area contributed by atoms with Crippen LogP contribution >= 0.6 is 0 Å². The molecule has 5 nitrogen and oxygen atoms in total. The summed E-state index contributed by atoms with van der Waals surface area (Å²) >= 11 is 0. The van der Waals surface area contributed by atoms with Crippen molar-refractivity contribution in [2.45, 2.75) is 4.90 Å². The van der Waals surface area contributed by atoms with Gasteiger partial charge in [-0.25, -0.2) is 13.6 Å². The Kier molecular flexibility index (Phi) is 2.62. The molecule has 0 unspecified atom stereocenters. The Labute approximate surface area is 110 Å². The number of hydrazone groups is 1. The molecule has 1 heterocycles. The van der Waals surface area contributed by atoms with Crippen LogP contribution in [-0.4, -0.2) is 14.6 Å². The summed E-state index contributed by atoms with van der Waals surface area (Å²) in [5.74, 6) is 0. The summed E-state index contributed by atoms with van der Waals surface area (Å²) in [6.07, 6.45) is 1.66. The Balaban J connectivity index is 2.42. The first kappa shape index (κ1) is 11.9. The van der Waals surface area contributed by atoms with Crippen LogP contribution in [0.1, 0.15) is 5.56 Å². The summed E-state index contributed by atoms with van der Waals surface area (Å²) in [5, 5.41) is 9.36. The topological polar surface area (TPSA) is 84.6 Å². The number of nitrogens with one attached hydrogen (secondary N) is 1. The van der Waals surface area contributed by atoms with Gasteiger partial charge in [-0.1, -0.05) is 30.3 Å². The molecular formula is C13H11N3O2S. The Morgan fingerprint density at radius 3 is 2.63 bits per heavy atom. The van der Waals surface area contributed by atoms with E-state index in [-0.39, 0.29) is 4.90 Å². The van der Waals surface area contributed by atoms with Crippen LogP contribution in [0.25, 0.3) is 11.1 Å². The minimum atomic E-state index is -3.80. The van der Waals surface area contributed by atoms with Gasteiger partial charge in [0.25, 0.3) is 0 Å². The maximum Gasteiger partial charge on any atom is 0.238 e. The second kappa shape index (κ2) is 4.18. The first-order valence-electron chi connectivity index (χ1n) is 5.62. The lowest BCUT2D eigenvalue weighted by molar-refractivity contribution is 0.598. The highest BCUT2D eigenvalue weighted by atomic mass is 32.2. The smallest absolute Gasteiger partial charge is 0.238 e. The van der Waals surface area contributed by atoms with Gasteiger partial charge < -0.3 is 0 Å². The van der Waals surface area contributed by atoms with E-state index < -0.39 is 10.0 Å². The maximum absolute atomic E-state index is 11.7. The standard InChI is InChI=1S/C13H11N3O2S/c14-19(17,18)12-7-3-6-11-13(12)10-5-2-1-4-9(10)8-15-16-11/h1-8,16H,(H2,14,17,18). The molecule has 0 saturated carbocycles. The third-order valence-electron chi connectivity index (χ3n) is 2.95. The number of anilines is 1. The summed E-state index contributed by atoms with van der Waals surface area (Å²) in [6, 6.07) is 12.3. The van der Waals surface area contributed by atoms with E-state index in [1.807, 2.05) is 24.3 Å². The summed E-state index contributed by atoms with van der Waals surface area (Å²) < 4.78 is 23.5. The van der Waals surface area contributed by atoms with Crippen LogP contribution < -0.4 is 10.6 Å². The molecule has 0 aliphatic carbocycles. The highest BCUT2D eigenvalue weighted by Crippen LogP contribution is 2.36. The van der Waals surface area contributed by atoms with Gasteiger partial charge in [0.2, 0.25) is 10.0 Å². The first-order chi connectivity index (χ1) is 9.07. The number of hydrogen-bond acceptors (Lipinski definition) is 4. The molecule has 0 fully saturated rings. The second-order valence-electron chi connectivity index (χ2n) is 4.18. The average molecular weight is 273 g/mol. The van der Waals surface area contributed by atoms with E-state index in [9.17, 15) is 8.42 Å². The summed E-state index contributed by atoms with van der Waals surface area (Å²) in [7, 11) is -3.80. The van der Waals surface area contributed by atoms with E-state index >= 15 is 0 Å². The summed E-state index contributed by atoms with van der Waals surface area (Å²) in [6.45, 7) is 0. The van der Waals surface area contributed by atoms with Crippen LogP contribution in [0.15, 0.2) is 52.5 Å². The van der Waals surface area contributed by atoms with Crippen molar-refractivity contribution in [3.8, 4) is 11.1 Å². The molecule has 0 bridgehead atoms. The van der Waals surface area contributed by atoms with E-state index in [0.29, 0.717) is 11.3 Å². The number of primary sulfonamides is 1. The fourth-order valence-electron chi connectivity index (χ4n) is 2.15. The highest BCUT2D eigenvalue weighted by molar-refractivity contribution is 7.89. The molecule has 0 spiro atoms. The van der Waals surface area contributed by atoms with Crippen molar-refractivity contribution >= 4 is 21.9 Å².